The lowest BCUT2D eigenvalue weighted by Crippen LogP contribution is -2.24. The summed E-state index contributed by atoms with van der Waals surface area (Å²) in [7, 11) is 0. The molecular formula is C11H15BrN2O. The van der Waals surface area contributed by atoms with E-state index in [1.165, 1.54) is 0 Å². The van der Waals surface area contributed by atoms with Crippen LogP contribution >= 0.6 is 15.9 Å². The molecule has 0 radical (unpaired) electrons. The molecule has 0 spiro atoms. The number of anilines is 1. The summed E-state index contributed by atoms with van der Waals surface area (Å²) in [5.74, 6) is -0.287. The third kappa shape index (κ3) is 3.91. The summed E-state index contributed by atoms with van der Waals surface area (Å²) in [6.07, 6.45) is 0.343. The summed E-state index contributed by atoms with van der Waals surface area (Å²) in [4.78, 5) is 10.7. The Labute approximate surface area is 98.2 Å². The Morgan fingerprint density at radius 1 is 1.60 bits per heavy atom. The zero-order valence-corrected chi connectivity index (χ0v) is 10.5. The maximum atomic E-state index is 10.7. The minimum absolute atomic E-state index is 0.0578. The van der Waals surface area contributed by atoms with E-state index in [1.807, 2.05) is 32.0 Å². The number of halogens is 1. The third-order valence-corrected chi connectivity index (χ3v) is 2.59. The van der Waals surface area contributed by atoms with Gasteiger partial charge in [-0.25, -0.2) is 0 Å². The number of nitrogens with two attached hydrogens (primary N) is 1. The van der Waals surface area contributed by atoms with Crippen LogP contribution in [0, 0.1) is 6.92 Å². The van der Waals surface area contributed by atoms with Gasteiger partial charge < -0.3 is 11.1 Å². The molecule has 0 aromatic heterocycles. The Morgan fingerprint density at radius 3 is 2.80 bits per heavy atom. The number of aryl methyl sites for hydroxylation is 1. The standard InChI is InChI=1S/C11H15BrN2O/c1-7-5-9(12)3-4-10(7)14-8(2)6-11(13)15/h3-5,8,14H,6H2,1-2H3,(H2,13,15). The highest BCUT2D eigenvalue weighted by Gasteiger charge is 2.07. The smallest absolute Gasteiger partial charge is 0.219 e. The first-order chi connectivity index (χ1) is 6.99. The minimum atomic E-state index is -0.287. The molecule has 3 nitrogen and oxygen atoms in total. The van der Waals surface area contributed by atoms with Crippen LogP contribution in [0.4, 0.5) is 5.69 Å². The molecule has 1 atom stereocenters. The van der Waals surface area contributed by atoms with Gasteiger partial charge in [-0.2, -0.15) is 0 Å². The number of carbonyl (C=O) groups excluding carboxylic acids is 1. The fourth-order valence-electron chi connectivity index (χ4n) is 1.41. The molecule has 0 aliphatic carbocycles. The SMILES string of the molecule is Cc1cc(Br)ccc1NC(C)CC(N)=O. The highest BCUT2D eigenvalue weighted by Crippen LogP contribution is 2.20. The van der Waals surface area contributed by atoms with E-state index < -0.39 is 0 Å². The Morgan fingerprint density at radius 2 is 2.27 bits per heavy atom. The van der Waals surface area contributed by atoms with Crippen molar-refractivity contribution >= 4 is 27.5 Å². The average molecular weight is 271 g/mol. The average Bonchev–Trinajstić information content (AvgIpc) is 2.08. The van der Waals surface area contributed by atoms with E-state index in [9.17, 15) is 4.79 Å². The molecule has 15 heavy (non-hydrogen) atoms. The van der Waals surface area contributed by atoms with E-state index >= 15 is 0 Å². The zero-order chi connectivity index (χ0) is 11.4. The number of nitrogens with one attached hydrogen (secondary N) is 1. The highest BCUT2D eigenvalue weighted by molar-refractivity contribution is 9.10. The number of hydrogen-bond donors (Lipinski definition) is 2. The molecule has 0 aliphatic heterocycles. The van der Waals surface area contributed by atoms with Crippen LogP contribution < -0.4 is 11.1 Å². The number of benzene rings is 1. The van der Waals surface area contributed by atoms with Gasteiger partial charge in [0.15, 0.2) is 0 Å². The van der Waals surface area contributed by atoms with Gasteiger partial charge in [0, 0.05) is 22.6 Å². The van der Waals surface area contributed by atoms with Crippen molar-refractivity contribution in [2.75, 3.05) is 5.32 Å². The van der Waals surface area contributed by atoms with Crippen molar-refractivity contribution in [2.24, 2.45) is 5.73 Å². The van der Waals surface area contributed by atoms with Crippen molar-refractivity contribution in [1.82, 2.24) is 0 Å². The Kier molecular flexibility index (Phi) is 4.15. The summed E-state index contributed by atoms with van der Waals surface area (Å²) in [5, 5.41) is 3.25. The predicted molar refractivity (Wildman–Crippen MR) is 65.8 cm³/mol. The second kappa shape index (κ2) is 5.16. The van der Waals surface area contributed by atoms with E-state index in [0.29, 0.717) is 6.42 Å². The van der Waals surface area contributed by atoms with Crippen molar-refractivity contribution < 1.29 is 4.79 Å². The first kappa shape index (κ1) is 12.0. The van der Waals surface area contributed by atoms with Gasteiger partial charge in [0.2, 0.25) is 5.91 Å². The monoisotopic (exact) mass is 270 g/mol. The van der Waals surface area contributed by atoms with Gasteiger partial charge in [-0.3, -0.25) is 4.79 Å². The molecule has 0 saturated carbocycles. The number of rotatable bonds is 4. The molecule has 1 rings (SSSR count). The van der Waals surface area contributed by atoms with Crippen molar-refractivity contribution in [3.05, 3.63) is 28.2 Å². The highest BCUT2D eigenvalue weighted by atomic mass is 79.9. The molecule has 0 aliphatic rings. The van der Waals surface area contributed by atoms with Crippen LogP contribution in [0.5, 0.6) is 0 Å². The quantitative estimate of drug-likeness (QED) is 0.883. The van der Waals surface area contributed by atoms with Crippen LogP contribution in [0.2, 0.25) is 0 Å². The first-order valence-corrected chi connectivity index (χ1v) is 5.59. The van der Waals surface area contributed by atoms with Crippen molar-refractivity contribution in [3.8, 4) is 0 Å². The Hall–Kier alpha value is -1.03. The van der Waals surface area contributed by atoms with Crippen LogP contribution in [-0.4, -0.2) is 11.9 Å². The Balaban J connectivity index is 2.68. The fourth-order valence-corrected chi connectivity index (χ4v) is 1.88. The maximum absolute atomic E-state index is 10.7. The molecule has 3 N–H and O–H groups in total. The van der Waals surface area contributed by atoms with Crippen molar-refractivity contribution in [1.29, 1.82) is 0 Å². The molecule has 82 valence electrons. The predicted octanol–water partition coefficient (Wildman–Crippen LogP) is 2.43. The third-order valence-electron chi connectivity index (χ3n) is 2.10. The normalized spacial score (nSPS) is 12.2. The van der Waals surface area contributed by atoms with E-state index in [1.54, 1.807) is 0 Å². The summed E-state index contributed by atoms with van der Waals surface area (Å²) in [6, 6.07) is 6.03. The van der Waals surface area contributed by atoms with Crippen LogP contribution in [0.15, 0.2) is 22.7 Å². The molecule has 1 amide bonds. The second-order valence-electron chi connectivity index (χ2n) is 3.68. The molecule has 0 saturated heterocycles. The van der Waals surface area contributed by atoms with Gasteiger partial charge in [0.05, 0.1) is 0 Å². The molecule has 0 bridgehead atoms. The summed E-state index contributed by atoms with van der Waals surface area (Å²) in [5.41, 5.74) is 7.30. The van der Waals surface area contributed by atoms with E-state index in [0.717, 1.165) is 15.7 Å². The zero-order valence-electron chi connectivity index (χ0n) is 8.88. The van der Waals surface area contributed by atoms with Gasteiger partial charge in [-0.1, -0.05) is 15.9 Å². The lowest BCUT2D eigenvalue weighted by Gasteiger charge is -2.15. The molecule has 1 aromatic carbocycles. The van der Waals surface area contributed by atoms with Crippen LogP contribution in [0.1, 0.15) is 18.9 Å². The van der Waals surface area contributed by atoms with Crippen LogP contribution in [0.25, 0.3) is 0 Å². The Bertz CT molecular complexity index is 366. The number of hydrogen-bond acceptors (Lipinski definition) is 2. The largest absolute Gasteiger partial charge is 0.382 e. The van der Waals surface area contributed by atoms with E-state index in [4.69, 9.17) is 5.73 Å². The van der Waals surface area contributed by atoms with Crippen molar-refractivity contribution in [2.45, 2.75) is 26.3 Å². The molecule has 4 heteroatoms. The summed E-state index contributed by atoms with van der Waals surface area (Å²) in [6.45, 7) is 3.95. The topological polar surface area (TPSA) is 55.1 Å². The lowest BCUT2D eigenvalue weighted by atomic mass is 10.1. The van der Waals surface area contributed by atoms with E-state index in [2.05, 4.69) is 21.2 Å². The van der Waals surface area contributed by atoms with Crippen LogP contribution in [-0.2, 0) is 4.79 Å². The fraction of sp³-hybridized carbons (Fsp3) is 0.364. The number of carbonyl (C=O) groups is 1. The second-order valence-corrected chi connectivity index (χ2v) is 4.59. The first-order valence-electron chi connectivity index (χ1n) is 4.80. The molecular weight excluding hydrogens is 256 g/mol. The van der Waals surface area contributed by atoms with E-state index in [-0.39, 0.29) is 11.9 Å². The molecule has 0 fully saturated rings. The number of primary amides is 1. The van der Waals surface area contributed by atoms with Gasteiger partial charge in [0.25, 0.3) is 0 Å². The van der Waals surface area contributed by atoms with Gasteiger partial charge in [-0.05, 0) is 37.6 Å². The summed E-state index contributed by atoms with van der Waals surface area (Å²) < 4.78 is 1.05. The van der Waals surface area contributed by atoms with Gasteiger partial charge >= 0.3 is 0 Å². The summed E-state index contributed by atoms with van der Waals surface area (Å²) >= 11 is 3.40. The van der Waals surface area contributed by atoms with Gasteiger partial charge in [0.1, 0.15) is 0 Å². The molecule has 1 aromatic rings. The molecule has 0 heterocycles. The minimum Gasteiger partial charge on any atom is -0.382 e. The molecule has 1 unspecified atom stereocenters. The van der Waals surface area contributed by atoms with Crippen molar-refractivity contribution in [3.63, 3.8) is 0 Å². The van der Waals surface area contributed by atoms with Crippen LogP contribution in [0.3, 0.4) is 0 Å². The lowest BCUT2D eigenvalue weighted by molar-refractivity contribution is -0.118. The van der Waals surface area contributed by atoms with Gasteiger partial charge in [-0.15, -0.1) is 0 Å². The number of amides is 1. The maximum Gasteiger partial charge on any atom is 0.219 e.